The smallest absolute Gasteiger partial charge is 0.338 e. The van der Waals surface area contributed by atoms with E-state index in [2.05, 4.69) is 30.3 Å². The van der Waals surface area contributed by atoms with Crippen molar-refractivity contribution >= 4 is 29.3 Å². The Morgan fingerprint density at radius 3 is 2.57 bits per heavy atom. The predicted octanol–water partition coefficient (Wildman–Crippen LogP) is 3.80. The summed E-state index contributed by atoms with van der Waals surface area (Å²) < 4.78 is 19.0. The number of ether oxygens (including phenoxy) is 2. The fraction of sp³-hybridized carbons (Fsp3) is 0.321. The lowest BCUT2D eigenvalue weighted by atomic mass is 9.96. The molecule has 0 fully saturated rings. The molecule has 1 aliphatic rings. The van der Waals surface area contributed by atoms with Gasteiger partial charge < -0.3 is 18.8 Å². The number of furan rings is 1. The highest BCUT2D eigenvalue weighted by Crippen LogP contribution is 2.31. The van der Waals surface area contributed by atoms with Crippen molar-refractivity contribution in [2.75, 3.05) is 31.2 Å². The Bertz CT molecular complexity index is 1490. The molecule has 1 aliphatic heterocycles. The zero-order chi connectivity index (χ0) is 26.5. The van der Waals surface area contributed by atoms with Gasteiger partial charge in [0.15, 0.2) is 10.7 Å². The van der Waals surface area contributed by atoms with E-state index in [1.807, 2.05) is 36.4 Å². The van der Waals surface area contributed by atoms with Gasteiger partial charge in [-0.25, -0.2) is 9.79 Å². The first-order valence-electron chi connectivity index (χ1n) is 12.3. The fourth-order valence-electron chi connectivity index (χ4n) is 4.26. The monoisotopic (exact) mass is 521 g/mol. The van der Waals surface area contributed by atoms with E-state index in [4.69, 9.17) is 13.9 Å². The maximum absolute atomic E-state index is 13.7. The number of carbonyl (C=O) groups is 1. The van der Waals surface area contributed by atoms with Gasteiger partial charge in [-0.15, -0.1) is 0 Å². The topological polar surface area (TPSA) is 86.3 Å². The van der Waals surface area contributed by atoms with Crippen LogP contribution in [0.15, 0.2) is 74.5 Å². The van der Waals surface area contributed by atoms with E-state index in [0.717, 1.165) is 24.5 Å². The maximum Gasteiger partial charge on any atom is 0.338 e. The highest BCUT2D eigenvalue weighted by atomic mass is 32.1. The molecule has 0 bridgehead atoms. The number of aromatic nitrogens is 1. The van der Waals surface area contributed by atoms with Crippen LogP contribution in [0.1, 0.15) is 45.1 Å². The quantitative estimate of drug-likeness (QED) is 0.298. The third-order valence-electron chi connectivity index (χ3n) is 6.04. The lowest BCUT2D eigenvalue weighted by Crippen LogP contribution is -2.39. The molecule has 1 aromatic carbocycles. The first-order valence-corrected chi connectivity index (χ1v) is 13.1. The van der Waals surface area contributed by atoms with Crippen molar-refractivity contribution in [1.29, 1.82) is 0 Å². The van der Waals surface area contributed by atoms with Crippen LogP contribution >= 0.6 is 11.3 Å². The second-order valence-electron chi connectivity index (χ2n) is 8.32. The van der Waals surface area contributed by atoms with E-state index in [9.17, 15) is 9.59 Å². The highest BCUT2D eigenvalue weighted by Gasteiger charge is 2.33. The Morgan fingerprint density at radius 2 is 1.92 bits per heavy atom. The van der Waals surface area contributed by atoms with Gasteiger partial charge in [-0.2, -0.15) is 0 Å². The standard InChI is InChI=1S/C28H31N3O5S/c1-6-16-35-20-12-10-19(11-13-20)25-24(27(33)34-9-4)18(5)29-28-31(25)26(32)22(37-28)17-21-14-15-23(36-21)30(7-2)8-3/h6,10-15,17,25H,1,7-9,16H2,2-5H3/b22-17-/t25-/m0/s1. The molecule has 0 unspecified atom stereocenters. The van der Waals surface area contributed by atoms with Crippen LogP contribution in [-0.4, -0.2) is 36.8 Å². The largest absolute Gasteiger partial charge is 0.490 e. The van der Waals surface area contributed by atoms with Crippen molar-refractivity contribution in [1.82, 2.24) is 4.57 Å². The predicted molar refractivity (Wildman–Crippen MR) is 145 cm³/mol. The summed E-state index contributed by atoms with van der Waals surface area (Å²) in [6.07, 6.45) is 3.39. The molecule has 0 aliphatic carbocycles. The van der Waals surface area contributed by atoms with E-state index in [-0.39, 0.29) is 12.2 Å². The molecular weight excluding hydrogens is 490 g/mol. The van der Waals surface area contributed by atoms with Gasteiger partial charge in [-0.05, 0) is 51.5 Å². The van der Waals surface area contributed by atoms with E-state index in [1.54, 1.807) is 30.6 Å². The third kappa shape index (κ3) is 5.32. The van der Waals surface area contributed by atoms with Gasteiger partial charge in [0.1, 0.15) is 18.1 Å². The molecule has 0 saturated carbocycles. The van der Waals surface area contributed by atoms with Crippen LogP contribution in [0, 0.1) is 0 Å². The minimum atomic E-state index is -0.686. The Kier molecular flexibility index (Phi) is 8.13. The summed E-state index contributed by atoms with van der Waals surface area (Å²) in [7, 11) is 0. The number of hydrogen-bond acceptors (Lipinski definition) is 8. The number of esters is 1. The van der Waals surface area contributed by atoms with Crippen LogP contribution < -0.4 is 24.5 Å². The van der Waals surface area contributed by atoms with Crippen molar-refractivity contribution in [3.63, 3.8) is 0 Å². The van der Waals surface area contributed by atoms with Crippen molar-refractivity contribution in [2.24, 2.45) is 4.99 Å². The molecule has 0 radical (unpaired) electrons. The molecule has 0 amide bonds. The van der Waals surface area contributed by atoms with Gasteiger partial charge >= 0.3 is 5.97 Å². The van der Waals surface area contributed by atoms with Gasteiger partial charge in [0, 0.05) is 25.2 Å². The molecule has 37 heavy (non-hydrogen) atoms. The van der Waals surface area contributed by atoms with E-state index in [1.165, 1.54) is 11.3 Å². The number of anilines is 1. The molecule has 3 aromatic rings. The van der Waals surface area contributed by atoms with Crippen LogP contribution in [0.5, 0.6) is 5.75 Å². The van der Waals surface area contributed by atoms with Crippen LogP contribution in [0.25, 0.3) is 6.08 Å². The Hall–Kier alpha value is -3.85. The second kappa shape index (κ2) is 11.5. The van der Waals surface area contributed by atoms with Crippen LogP contribution in [0.2, 0.25) is 0 Å². The van der Waals surface area contributed by atoms with Crippen molar-refractivity contribution in [3.8, 4) is 5.75 Å². The Balaban J connectivity index is 1.83. The third-order valence-corrected chi connectivity index (χ3v) is 7.02. The van der Waals surface area contributed by atoms with Gasteiger partial charge in [-0.3, -0.25) is 9.36 Å². The average molecular weight is 522 g/mol. The molecule has 9 heteroatoms. The molecule has 2 aromatic heterocycles. The van der Waals surface area contributed by atoms with Gasteiger partial charge in [0.05, 0.1) is 28.5 Å². The molecular formula is C28H31N3O5S. The second-order valence-corrected chi connectivity index (χ2v) is 9.33. The number of hydrogen-bond donors (Lipinski definition) is 0. The van der Waals surface area contributed by atoms with Crippen LogP contribution in [0.3, 0.4) is 0 Å². The zero-order valence-electron chi connectivity index (χ0n) is 21.5. The lowest BCUT2D eigenvalue weighted by Gasteiger charge is -2.24. The molecule has 1 atom stereocenters. The molecule has 0 saturated heterocycles. The first-order chi connectivity index (χ1) is 17.9. The SMILES string of the molecule is C=CCOc1ccc([C@H]2C(C(=O)OCC)=C(C)N=c3s/c(=C\c4ccc(N(CC)CC)o4)c(=O)n32)cc1. The summed E-state index contributed by atoms with van der Waals surface area (Å²) in [4.78, 5) is 34.0. The summed E-state index contributed by atoms with van der Waals surface area (Å²) >= 11 is 1.26. The number of rotatable bonds is 10. The molecule has 8 nitrogen and oxygen atoms in total. The van der Waals surface area contributed by atoms with E-state index in [0.29, 0.717) is 38.7 Å². The van der Waals surface area contributed by atoms with Crippen LogP contribution in [-0.2, 0) is 9.53 Å². The fourth-order valence-corrected chi connectivity index (χ4v) is 5.29. The summed E-state index contributed by atoms with van der Waals surface area (Å²) in [6, 6.07) is 10.4. The van der Waals surface area contributed by atoms with E-state index >= 15 is 0 Å². The Labute approximate surface area is 219 Å². The number of carbonyl (C=O) groups excluding carboxylic acids is 1. The van der Waals surface area contributed by atoms with Gasteiger partial charge in [0.25, 0.3) is 5.56 Å². The van der Waals surface area contributed by atoms with Gasteiger partial charge in [0.2, 0.25) is 0 Å². The van der Waals surface area contributed by atoms with Crippen molar-refractivity contribution in [2.45, 2.75) is 33.7 Å². The summed E-state index contributed by atoms with van der Waals surface area (Å²) in [5, 5.41) is 0. The number of nitrogens with zero attached hydrogens (tertiary/aromatic N) is 3. The molecule has 0 spiro atoms. The van der Waals surface area contributed by atoms with Gasteiger partial charge in [-0.1, -0.05) is 36.1 Å². The normalized spacial score (nSPS) is 15.2. The minimum Gasteiger partial charge on any atom is -0.490 e. The zero-order valence-corrected chi connectivity index (χ0v) is 22.3. The molecule has 0 N–H and O–H groups in total. The van der Waals surface area contributed by atoms with E-state index < -0.39 is 12.0 Å². The summed E-state index contributed by atoms with van der Waals surface area (Å²) in [5.74, 6) is 1.50. The van der Waals surface area contributed by atoms with Crippen molar-refractivity contribution < 1.29 is 18.7 Å². The first kappa shape index (κ1) is 26.2. The molecule has 3 heterocycles. The van der Waals surface area contributed by atoms with Crippen molar-refractivity contribution in [3.05, 3.63) is 91.3 Å². The number of benzene rings is 1. The summed E-state index contributed by atoms with van der Waals surface area (Å²) in [5.41, 5.74) is 1.35. The van der Waals surface area contributed by atoms with Crippen LogP contribution in [0.4, 0.5) is 5.88 Å². The number of thiazole rings is 1. The molecule has 194 valence electrons. The number of fused-ring (bicyclic) bond motifs is 1. The Morgan fingerprint density at radius 1 is 1.19 bits per heavy atom. The highest BCUT2D eigenvalue weighted by molar-refractivity contribution is 7.07. The number of allylic oxidation sites excluding steroid dienone is 1. The minimum absolute atomic E-state index is 0.217. The lowest BCUT2D eigenvalue weighted by molar-refractivity contribution is -0.139. The summed E-state index contributed by atoms with van der Waals surface area (Å²) in [6.45, 7) is 13.5. The molecule has 4 rings (SSSR count). The maximum atomic E-state index is 13.7. The average Bonchev–Trinajstić information content (AvgIpc) is 3.47.